The second kappa shape index (κ2) is 5.43. The van der Waals surface area contributed by atoms with Gasteiger partial charge in [-0.3, -0.25) is 15.2 Å². The van der Waals surface area contributed by atoms with Crippen LogP contribution in [0.1, 0.15) is 13.3 Å². The zero-order valence-corrected chi connectivity index (χ0v) is 8.42. The van der Waals surface area contributed by atoms with Crippen LogP contribution >= 0.6 is 0 Å². The van der Waals surface area contributed by atoms with Gasteiger partial charge in [0.2, 0.25) is 11.9 Å². The Morgan fingerprint density at radius 2 is 2.57 bits per heavy atom. The molecular formula is C8H17N5O. The third-order valence-corrected chi connectivity index (χ3v) is 2.00. The first-order valence-corrected chi connectivity index (χ1v) is 4.80. The highest BCUT2D eigenvalue weighted by molar-refractivity contribution is 5.86. The molecule has 1 aliphatic heterocycles. The van der Waals surface area contributed by atoms with E-state index in [9.17, 15) is 4.79 Å². The van der Waals surface area contributed by atoms with Gasteiger partial charge in [-0.2, -0.15) is 0 Å². The summed E-state index contributed by atoms with van der Waals surface area (Å²) in [5, 5.41) is 2.79. The molecule has 1 heterocycles. The summed E-state index contributed by atoms with van der Waals surface area (Å²) in [6.45, 7) is 4.41. The average molecular weight is 199 g/mol. The molecule has 0 radical (unpaired) electrons. The number of aliphatic imine (C=N–C) groups is 1. The smallest absolute Gasteiger partial charge is 0.239 e. The van der Waals surface area contributed by atoms with E-state index in [1.54, 1.807) is 0 Å². The van der Waals surface area contributed by atoms with Crippen LogP contribution in [0.4, 0.5) is 0 Å². The Hall–Kier alpha value is -1.30. The minimum absolute atomic E-state index is 0.0153. The molecule has 0 saturated carbocycles. The predicted molar refractivity (Wildman–Crippen MR) is 54.5 cm³/mol. The molecule has 0 aliphatic carbocycles. The fourth-order valence-corrected chi connectivity index (χ4v) is 1.37. The third kappa shape index (κ3) is 2.88. The molecule has 1 amide bonds. The van der Waals surface area contributed by atoms with Crippen LogP contribution in [-0.2, 0) is 4.79 Å². The first-order chi connectivity index (χ1) is 6.77. The molecular weight excluding hydrogens is 182 g/mol. The van der Waals surface area contributed by atoms with Gasteiger partial charge in [-0.1, -0.05) is 0 Å². The van der Waals surface area contributed by atoms with Crippen molar-refractivity contribution in [3.05, 3.63) is 0 Å². The van der Waals surface area contributed by atoms with Gasteiger partial charge in [0.15, 0.2) is 0 Å². The highest BCUT2D eigenvalue weighted by Crippen LogP contribution is 1.96. The van der Waals surface area contributed by atoms with E-state index in [0.717, 1.165) is 19.5 Å². The fourth-order valence-electron chi connectivity index (χ4n) is 1.37. The van der Waals surface area contributed by atoms with Crippen molar-refractivity contribution in [1.29, 1.82) is 0 Å². The summed E-state index contributed by atoms with van der Waals surface area (Å²) in [7, 11) is 0. The Balaban J connectivity index is 2.63. The molecule has 0 aromatic rings. The molecule has 0 aromatic heterocycles. The number of hydrogen-bond donors (Lipinski definition) is 3. The molecule has 1 fully saturated rings. The second-order valence-electron chi connectivity index (χ2n) is 3.07. The van der Waals surface area contributed by atoms with Crippen LogP contribution in [-0.4, -0.2) is 42.9 Å². The van der Waals surface area contributed by atoms with Crippen LogP contribution in [0.2, 0.25) is 0 Å². The standard InChI is InChI=1S/C8H17N5O/c1-2-10-8(12-9)13-5-3-4-11-7(14)6-13/h2-6,9H2,1H3,(H,10,12)(H,11,14). The van der Waals surface area contributed by atoms with E-state index in [4.69, 9.17) is 5.84 Å². The molecule has 0 atom stereocenters. The summed E-state index contributed by atoms with van der Waals surface area (Å²) < 4.78 is 0. The predicted octanol–water partition coefficient (Wildman–Crippen LogP) is -1.35. The maximum absolute atomic E-state index is 11.2. The Labute approximate surface area is 83.5 Å². The number of rotatable bonds is 1. The number of carbonyl (C=O) groups excluding carboxylic acids is 1. The van der Waals surface area contributed by atoms with E-state index in [-0.39, 0.29) is 5.91 Å². The van der Waals surface area contributed by atoms with E-state index in [1.807, 2.05) is 11.8 Å². The third-order valence-electron chi connectivity index (χ3n) is 2.00. The number of hydrogen-bond acceptors (Lipinski definition) is 3. The van der Waals surface area contributed by atoms with Gasteiger partial charge in [-0.25, -0.2) is 5.84 Å². The Morgan fingerprint density at radius 3 is 3.21 bits per heavy atom. The molecule has 0 spiro atoms. The van der Waals surface area contributed by atoms with Crippen LogP contribution in [0.25, 0.3) is 0 Å². The molecule has 0 aromatic carbocycles. The Morgan fingerprint density at radius 1 is 1.79 bits per heavy atom. The molecule has 1 saturated heterocycles. The van der Waals surface area contributed by atoms with E-state index in [0.29, 0.717) is 19.0 Å². The quantitative estimate of drug-likeness (QED) is 0.211. The number of nitrogens with zero attached hydrogens (tertiary/aromatic N) is 2. The fraction of sp³-hybridized carbons (Fsp3) is 0.750. The number of nitrogens with one attached hydrogen (secondary N) is 2. The number of amides is 1. The molecule has 80 valence electrons. The van der Waals surface area contributed by atoms with Crippen molar-refractivity contribution < 1.29 is 4.79 Å². The number of guanidine groups is 1. The molecule has 14 heavy (non-hydrogen) atoms. The van der Waals surface area contributed by atoms with Crippen LogP contribution in [0.5, 0.6) is 0 Å². The monoisotopic (exact) mass is 199 g/mol. The molecule has 1 rings (SSSR count). The lowest BCUT2D eigenvalue weighted by Gasteiger charge is -2.21. The van der Waals surface area contributed by atoms with Crippen molar-refractivity contribution in [1.82, 2.24) is 15.6 Å². The highest BCUT2D eigenvalue weighted by atomic mass is 16.2. The van der Waals surface area contributed by atoms with E-state index < -0.39 is 0 Å². The van der Waals surface area contributed by atoms with Gasteiger partial charge in [0, 0.05) is 19.6 Å². The summed E-state index contributed by atoms with van der Waals surface area (Å²) in [6, 6.07) is 0. The number of nitrogens with two attached hydrogens (primary N) is 1. The van der Waals surface area contributed by atoms with Crippen molar-refractivity contribution in [2.45, 2.75) is 13.3 Å². The molecule has 4 N–H and O–H groups in total. The van der Waals surface area contributed by atoms with Gasteiger partial charge < -0.3 is 10.2 Å². The van der Waals surface area contributed by atoms with Crippen LogP contribution in [0.15, 0.2) is 4.99 Å². The lowest BCUT2D eigenvalue weighted by Crippen LogP contribution is -2.47. The van der Waals surface area contributed by atoms with Crippen LogP contribution in [0, 0.1) is 0 Å². The van der Waals surface area contributed by atoms with Crippen molar-refractivity contribution >= 4 is 11.9 Å². The minimum atomic E-state index is 0.0153. The van der Waals surface area contributed by atoms with Gasteiger partial charge in [-0.05, 0) is 13.3 Å². The number of carbonyl (C=O) groups is 1. The van der Waals surface area contributed by atoms with E-state index in [2.05, 4.69) is 15.7 Å². The van der Waals surface area contributed by atoms with Gasteiger partial charge in [-0.15, -0.1) is 0 Å². The average Bonchev–Trinajstić information content (AvgIpc) is 2.39. The van der Waals surface area contributed by atoms with Crippen LogP contribution in [0.3, 0.4) is 0 Å². The normalized spacial score (nSPS) is 18.9. The minimum Gasteiger partial charge on any atom is -0.354 e. The number of hydrazine groups is 1. The van der Waals surface area contributed by atoms with Crippen molar-refractivity contribution in [2.24, 2.45) is 10.8 Å². The SMILES string of the molecule is CCN=C(NN)N1CCCNC(=O)C1. The lowest BCUT2D eigenvalue weighted by atomic mass is 10.4. The highest BCUT2D eigenvalue weighted by Gasteiger charge is 2.16. The largest absolute Gasteiger partial charge is 0.354 e. The topological polar surface area (TPSA) is 82.8 Å². The Bertz CT molecular complexity index is 228. The zero-order valence-electron chi connectivity index (χ0n) is 8.42. The molecule has 0 unspecified atom stereocenters. The maximum atomic E-state index is 11.2. The van der Waals surface area contributed by atoms with Gasteiger partial charge >= 0.3 is 0 Å². The van der Waals surface area contributed by atoms with Crippen molar-refractivity contribution in [3.63, 3.8) is 0 Å². The summed E-state index contributed by atoms with van der Waals surface area (Å²) in [6.07, 6.45) is 0.913. The second-order valence-corrected chi connectivity index (χ2v) is 3.07. The lowest BCUT2D eigenvalue weighted by molar-refractivity contribution is -0.120. The first kappa shape index (κ1) is 10.8. The Kier molecular flexibility index (Phi) is 4.18. The van der Waals surface area contributed by atoms with Crippen molar-refractivity contribution in [3.8, 4) is 0 Å². The van der Waals surface area contributed by atoms with E-state index in [1.165, 1.54) is 0 Å². The molecule has 6 nitrogen and oxygen atoms in total. The molecule has 1 aliphatic rings. The van der Waals surface area contributed by atoms with Gasteiger partial charge in [0.25, 0.3) is 0 Å². The van der Waals surface area contributed by atoms with Gasteiger partial charge in [0.05, 0.1) is 6.54 Å². The molecule has 6 heteroatoms. The summed E-state index contributed by atoms with van der Waals surface area (Å²) in [5.41, 5.74) is 2.52. The van der Waals surface area contributed by atoms with E-state index >= 15 is 0 Å². The zero-order chi connectivity index (χ0) is 10.4. The van der Waals surface area contributed by atoms with Crippen LogP contribution < -0.4 is 16.6 Å². The summed E-state index contributed by atoms with van der Waals surface area (Å²) in [5.74, 6) is 5.93. The van der Waals surface area contributed by atoms with Gasteiger partial charge in [0.1, 0.15) is 0 Å². The molecule has 0 bridgehead atoms. The summed E-state index contributed by atoms with van der Waals surface area (Å²) in [4.78, 5) is 17.3. The summed E-state index contributed by atoms with van der Waals surface area (Å²) >= 11 is 0. The van der Waals surface area contributed by atoms with Crippen molar-refractivity contribution in [2.75, 3.05) is 26.2 Å². The maximum Gasteiger partial charge on any atom is 0.239 e. The first-order valence-electron chi connectivity index (χ1n) is 4.80.